The largest absolute Gasteiger partial charge is 0.350 e. The van der Waals surface area contributed by atoms with Crippen molar-refractivity contribution in [2.75, 3.05) is 34.4 Å². The lowest BCUT2D eigenvalue weighted by molar-refractivity contribution is -0.116. The Labute approximate surface area is 254 Å². The molecule has 3 heterocycles. The van der Waals surface area contributed by atoms with E-state index in [9.17, 15) is 9.59 Å². The Balaban J connectivity index is 1.05. The molecular weight excluding hydrogens is 561 g/mol. The summed E-state index contributed by atoms with van der Waals surface area (Å²) >= 11 is 3.34. The molecule has 8 heteroatoms. The van der Waals surface area contributed by atoms with Gasteiger partial charge in [-0.2, -0.15) is 0 Å². The molecule has 2 fully saturated rings. The number of rotatable bonds is 7. The van der Waals surface area contributed by atoms with Gasteiger partial charge in [0.25, 0.3) is 0 Å². The molecule has 2 atom stereocenters. The fourth-order valence-corrected chi connectivity index (χ4v) is 8.15. The van der Waals surface area contributed by atoms with Crippen LogP contribution >= 0.6 is 23.5 Å². The van der Waals surface area contributed by atoms with Crippen LogP contribution in [0, 0.1) is 0 Å². The van der Waals surface area contributed by atoms with Gasteiger partial charge in [-0.15, -0.1) is 23.5 Å². The smallest absolute Gasteiger partial charge is 0.238 e. The minimum absolute atomic E-state index is 0.00209. The molecule has 0 spiro atoms. The highest BCUT2D eigenvalue weighted by Crippen LogP contribution is 2.43. The second-order valence-electron chi connectivity index (χ2n) is 10.5. The lowest BCUT2D eigenvalue weighted by Gasteiger charge is -2.26. The molecule has 2 saturated heterocycles. The molecule has 0 N–H and O–H groups in total. The number of nitrogens with zero attached hydrogens (tertiary/aromatic N) is 4. The van der Waals surface area contributed by atoms with Crippen molar-refractivity contribution in [1.82, 2.24) is 4.90 Å². The van der Waals surface area contributed by atoms with E-state index in [-0.39, 0.29) is 22.6 Å². The maximum Gasteiger partial charge on any atom is 0.238 e. The predicted molar refractivity (Wildman–Crippen MR) is 173 cm³/mol. The van der Waals surface area contributed by atoms with Crippen molar-refractivity contribution < 1.29 is 9.59 Å². The van der Waals surface area contributed by atoms with E-state index in [2.05, 4.69) is 65.6 Å². The molecule has 7 rings (SSSR count). The molecule has 0 radical (unpaired) electrons. The van der Waals surface area contributed by atoms with Gasteiger partial charge >= 0.3 is 0 Å². The van der Waals surface area contributed by atoms with Gasteiger partial charge in [0, 0.05) is 30.0 Å². The summed E-state index contributed by atoms with van der Waals surface area (Å²) in [6, 6.07) is 37.0. The number of hydrogen-bond acceptors (Lipinski definition) is 6. The van der Waals surface area contributed by atoms with E-state index in [1.165, 1.54) is 5.56 Å². The van der Waals surface area contributed by atoms with E-state index in [1.54, 1.807) is 23.5 Å². The SMILES string of the molecule is O=C1CSC(c2ccccc2)N1c1ccc(CN2CCN=C2c2ccc(N3C(=O)CSC3c3ccccc3)cc2)cc1. The van der Waals surface area contributed by atoms with Gasteiger partial charge < -0.3 is 4.90 Å². The number of amides is 2. The molecule has 4 aromatic carbocycles. The van der Waals surface area contributed by atoms with Gasteiger partial charge in [0.15, 0.2) is 0 Å². The van der Waals surface area contributed by atoms with Gasteiger partial charge in [0.2, 0.25) is 11.8 Å². The van der Waals surface area contributed by atoms with Gasteiger partial charge in [-0.1, -0.05) is 72.8 Å². The minimum Gasteiger partial charge on any atom is -0.350 e. The number of hydrogen-bond donors (Lipinski definition) is 0. The Morgan fingerprint density at radius 1 is 0.643 bits per heavy atom. The van der Waals surface area contributed by atoms with Gasteiger partial charge in [0.1, 0.15) is 16.6 Å². The van der Waals surface area contributed by atoms with E-state index < -0.39 is 0 Å². The van der Waals surface area contributed by atoms with Gasteiger partial charge in [-0.25, -0.2) is 0 Å². The van der Waals surface area contributed by atoms with Gasteiger partial charge in [0.05, 0.1) is 18.1 Å². The average molecular weight is 591 g/mol. The second kappa shape index (κ2) is 11.7. The third-order valence-electron chi connectivity index (χ3n) is 7.83. The van der Waals surface area contributed by atoms with E-state index in [0.717, 1.165) is 53.5 Å². The summed E-state index contributed by atoms with van der Waals surface area (Å²) in [5, 5.41) is -0.00693. The zero-order valence-electron chi connectivity index (χ0n) is 23.0. The number of amidine groups is 1. The molecule has 42 heavy (non-hydrogen) atoms. The highest BCUT2D eigenvalue weighted by molar-refractivity contribution is 8.01. The van der Waals surface area contributed by atoms with Crippen LogP contribution < -0.4 is 9.80 Å². The van der Waals surface area contributed by atoms with Crippen molar-refractivity contribution >= 4 is 52.5 Å². The molecule has 0 bridgehead atoms. The minimum atomic E-state index is -0.00902. The van der Waals surface area contributed by atoms with Crippen LogP contribution in [0.3, 0.4) is 0 Å². The fraction of sp³-hybridized carbons (Fsp3) is 0.206. The summed E-state index contributed by atoms with van der Waals surface area (Å²) in [4.78, 5) is 36.6. The van der Waals surface area contributed by atoms with Gasteiger partial charge in [-0.05, 0) is 53.1 Å². The molecule has 3 aliphatic rings. The number of carbonyl (C=O) groups excluding carboxylic acids is 2. The predicted octanol–water partition coefficient (Wildman–Crippen LogP) is 6.51. The Morgan fingerprint density at radius 2 is 1.14 bits per heavy atom. The Kier molecular flexibility index (Phi) is 7.48. The lowest BCUT2D eigenvalue weighted by Crippen LogP contribution is -2.29. The molecule has 2 unspecified atom stereocenters. The van der Waals surface area contributed by atoms with E-state index in [1.807, 2.05) is 58.3 Å². The number of benzene rings is 4. The third-order valence-corrected chi connectivity index (χ3v) is 10.3. The van der Waals surface area contributed by atoms with Crippen molar-refractivity contribution in [2.45, 2.75) is 17.3 Å². The summed E-state index contributed by atoms with van der Waals surface area (Å²) in [5.74, 6) is 2.23. The summed E-state index contributed by atoms with van der Waals surface area (Å²) < 4.78 is 0. The molecule has 4 aromatic rings. The first kappa shape index (κ1) is 26.9. The molecule has 0 aliphatic carbocycles. The molecule has 0 saturated carbocycles. The first-order valence-electron chi connectivity index (χ1n) is 14.1. The highest BCUT2D eigenvalue weighted by atomic mass is 32.2. The molecule has 2 amide bonds. The van der Waals surface area contributed by atoms with Crippen molar-refractivity contribution in [3.8, 4) is 0 Å². The Bertz CT molecular complexity index is 1610. The van der Waals surface area contributed by atoms with Crippen LogP contribution in [0.2, 0.25) is 0 Å². The number of thioether (sulfide) groups is 2. The van der Waals surface area contributed by atoms with Crippen molar-refractivity contribution in [3.05, 3.63) is 131 Å². The van der Waals surface area contributed by atoms with Crippen LogP contribution in [0.5, 0.6) is 0 Å². The van der Waals surface area contributed by atoms with Crippen LogP contribution in [0.15, 0.2) is 114 Å². The normalized spacial score (nSPS) is 20.5. The lowest BCUT2D eigenvalue weighted by atomic mass is 10.1. The maximum atomic E-state index is 12.8. The highest BCUT2D eigenvalue weighted by Gasteiger charge is 2.35. The van der Waals surface area contributed by atoms with Gasteiger partial charge in [-0.3, -0.25) is 24.4 Å². The van der Waals surface area contributed by atoms with Crippen LogP contribution in [-0.4, -0.2) is 47.1 Å². The molecular formula is C34H30N4O2S2. The van der Waals surface area contributed by atoms with Crippen molar-refractivity contribution in [3.63, 3.8) is 0 Å². The third kappa shape index (κ3) is 5.21. The standard InChI is InChI=1S/C34H30N4O2S2/c39-30-22-41-33(26-7-3-1-4-8-26)37(30)28-15-11-24(12-16-28)21-36-20-19-35-32(36)25-13-17-29(18-14-25)38-31(40)23-42-34(38)27-9-5-2-6-10-27/h1-18,33-34H,19-23H2. The van der Waals surface area contributed by atoms with Crippen LogP contribution in [-0.2, 0) is 16.1 Å². The van der Waals surface area contributed by atoms with Crippen LogP contribution in [0.1, 0.15) is 33.0 Å². The quantitative estimate of drug-likeness (QED) is 0.246. The first-order chi connectivity index (χ1) is 20.7. The average Bonchev–Trinajstić information content (AvgIpc) is 3.77. The number of carbonyl (C=O) groups is 2. The first-order valence-corrected chi connectivity index (χ1v) is 16.2. The van der Waals surface area contributed by atoms with Crippen LogP contribution in [0.25, 0.3) is 0 Å². The zero-order chi connectivity index (χ0) is 28.5. The van der Waals surface area contributed by atoms with Crippen molar-refractivity contribution in [1.29, 1.82) is 0 Å². The second-order valence-corrected chi connectivity index (χ2v) is 12.7. The van der Waals surface area contributed by atoms with E-state index >= 15 is 0 Å². The molecule has 3 aliphatic heterocycles. The topological polar surface area (TPSA) is 56.2 Å². The molecule has 210 valence electrons. The van der Waals surface area contributed by atoms with E-state index in [4.69, 9.17) is 4.99 Å². The number of aliphatic imine (C=N–C) groups is 1. The molecule has 0 aromatic heterocycles. The summed E-state index contributed by atoms with van der Waals surface area (Å²) in [6.45, 7) is 2.35. The summed E-state index contributed by atoms with van der Waals surface area (Å²) in [7, 11) is 0. The fourth-order valence-electron chi connectivity index (χ4n) is 5.80. The zero-order valence-corrected chi connectivity index (χ0v) is 24.6. The maximum absolute atomic E-state index is 12.8. The summed E-state index contributed by atoms with van der Waals surface area (Å²) in [5.41, 5.74) is 6.34. The monoisotopic (exact) mass is 590 g/mol. The van der Waals surface area contributed by atoms with E-state index in [0.29, 0.717) is 11.5 Å². The summed E-state index contributed by atoms with van der Waals surface area (Å²) in [6.07, 6.45) is 0. The van der Waals surface area contributed by atoms with Crippen LogP contribution in [0.4, 0.5) is 11.4 Å². The Morgan fingerprint density at radius 3 is 1.67 bits per heavy atom. The Hall–Kier alpha value is -4.01. The molecule has 6 nitrogen and oxygen atoms in total. The number of anilines is 2. The van der Waals surface area contributed by atoms with Crippen molar-refractivity contribution in [2.24, 2.45) is 4.99 Å².